The highest BCUT2D eigenvalue weighted by atomic mass is 16.5. The molecule has 2 atom stereocenters. The molecule has 0 aliphatic carbocycles. The summed E-state index contributed by atoms with van der Waals surface area (Å²) < 4.78 is 11.3. The van der Waals surface area contributed by atoms with Crippen LogP contribution in [0.4, 0.5) is 0 Å². The molecule has 2 aromatic heterocycles. The minimum atomic E-state index is -0.395. The predicted molar refractivity (Wildman–Crippen MR) is 88.4 cm³/mol. The number of hydrogen-bond donors (Lipinski definition) is 1. The van der Waals surface area contributed by atoms with Crippen molar-refractivity contribution >= 4 is 11.0 Å². The Morgan fingerprint density at radius 1 is 1.33 bits per heavy atom. The fourth-order valence-electron chi connectivity index (χ4n) is 3.24. The van der Waals surface area contributed by atoms with Crippen LogP contribution >= 0.6 is 0 Å². The number of β-amino-alcohol motifs (C(OH)–C–C–N with tert-alkyl or cyclic N) is 1. The highest BCUT2D eigenvalue weighted by Crippen LogP contribution is 2.34. The van der Waals surface area contributed by atoms with E-state index < -0.39 is 6.10 Å². The third-order valence-electron chi connectivity index (χ3n) is 4.48. The summed E-state index contributed by atoms with van der Waals surface area (Å²) in [6.07, 6.45) is 0.203. The average Bonchev–Trinajstić information content (AvgIpc) is 3.24. The molecule has 0 unspecified atom stereocenters. The molecule has 1 aromatic carbocycles. The third kappa shape index (κ3) is 2.83. The van der Waals surface area contributed by atoms with Crippen molar-refractivity contribution in [1.29, 1.82) is 0 Å². The number of likely N-dealkylation sites (tertiary alicyclic amines) is 1. The van der Waals surface area contributed by atoms with Crippen LogP contribution in [0.5, 0.6) is 0 Å². The van der Waals surface area contributed by atoms with Crippen molar-refractivity contribution in [3.05, 3.63) is 47.8 Å². The lowest BCUT2D eigenvalue weighted by Gasteiger charge is -2.19. The number of fused-ring (bicyclic) bond motifs is 1. The Morgan fingerprint density at radius 3 is 2.92 bits per heavy atom. The maximum Gasteiger partial charge on any atom is 0.244 e. The van der Waals surface area contributed by atoms with Crippen molar-refractivity contribution < 1.29 is 14.0 Å². The number of rotatable bonds is 4. The molecule has 3 aromatic rings. The smallest absolute Gasteiger partial charge is 0.244 e. The number of para-hydroxylation sites is 1. The molecule has 1 fully saturated rings. The molecule has 0 radical (unpaired) electrons. The van der Waals surface area contributed by atoms with E-state index >= 15 is 0 Å². The zero-order chi connectivity index (χ0) is 16.7. The van der Waals surface area contributed by atoms with Gasteiger partial charge in [-0.25, -0.2) is 0 Å². The van der Waals surface area contributed by atoms with Crippen LogP contribution in [0.15, 0.2) is 39.3 Å². The molecule has 1 aliphatic heterocycles. The fraction of sp³-hybridized carbons (Fsp3) is 0.444. The van der Waals surface area contributed by atoms with Gasteiger partial charge in [0, 0.05) is 17.8 Å². The SMILES string of the molecule is CC(C)c1noc([C@H]2C[C@@H](O)CN2Cc2cc3ccccc3o2)n1. The average molecular weight is 327 g/mol. The summed E-state index contributed by atoms with van der Waals surface area (Å²) in [5.74, 6) is 2.37. The van der Waals surface area contributed by atoms with E-state index in [0.717, 1.165) is 16.7 Å². The third-order valence-corrected chi connectivity index (χ3v) is 4.48. The van der Waals surface area contributed by atoms with E-state index in [9.17, 15) is 5.11 Å². The first-order chi connectivity index (χ1) is 11.6. The Kier molecular flexibility index (Phi) is 3.86. The van der Waals surface area contributed by atoms with Gasteiger partial charge >= 0.3 is 0 Å². The minimum absolute atomic E-state index is 0.0757. The number of aromatic nitrogens is 2. The summed E-state index contributed by atoms with van der Waals surface area (Å²) in [4.78, 5) is 6.64. The lowest BCUT2D eigenvalue weighted by atomic mass is 10.2. The molecule has 6 heteroatoms. The van der Waals surface area contributed by atoms with Crippen LogP contribution in [0.1, 0.15) is 49.7 Å². The van der Waals surface area contributed by atoms with Gasteiger partial charge in [-0.3, -0.25) is 4.90 Å². The van der Waals surface area contributed by atoms with Crippen molar-refractivity contribution in [2.45, 2.75) is 44.9 Å². The summed E-state index contributed by atoms with van der Waals surface area (Å²) >= 11 is 0. The molecule has 1 aliphatic rings. The van der Waals surface area contributed by atoms with E-state index in [-0.39, 0.29) is 12.0 Å². The summed E-state index contributed by atoms with van der Waals surface area (Å²) in [6.45, 7) is 5.24. The van der Waals surface area contributed by atoms with Crippen LogP contribution in [-0.4, -0.2) is 32.8 Å². The number of hydrogen-bond acceptors (Lipinski definition) is 6. The first-order valence-electron chi connectivity index (χ1n) is 8.33. The zero-order valence-electron chi connectivity index (χ0n) is 13.8. The van der Waals surface area contributed by atoms with Gasteiger partial charge in [0.1, 0.15) is 11.3 Å². The van der Waals surface area contributed by atoms with Gasteiger partial charge in [-0.15, -0.1) is 0 Å². The van der Waals surface area contributed by atoms with Gasteiger partial charge in [-0.1, -0.05) is 37.2 Å². The van der Waals surface area contributed by atoms with Crippen LogP contribution < -0.4 is 0 Å². The van der Waals surface area contributed by atoms with Gasteiger partial charge in [0.15, 0.2) is 5.82 Å². The van der Waals surface area contributed by atoms with Crippen molar-refractivity contribution in [3.63, 3.8) is 0 Å². The lowest BCUT2D eigenvalue weighted by molar-refractivity contribution is 0.164. The van der Waals surface area contributed by atoms with E-state index in [0.29, 0.717) is 31.2 Å². The van der Waals surface area contributed by atoms with E-state index in [4.69, 9.17) is 8.94 Å². The Labute approximate surface area is 140 Å². The van der Waals surface area contributed by atoms with Crippen LogP contribution in [0.3, 0.4) is 0 Å². The molecular weight excluding hydrogens is 306 g/mol. The van der Waals surface area contributed by atoms with Crippen molar-refractivity contribution in [3.8, 4) is 0 Å². The topological polar surface area (TPSA) is 75.5 Å². The molecule has 0 amide bonds. The van der Waals surface area contributed by atoms with Crippen molar-refractivity contribution in [2.24, 2.45) is 0 Å². The fourth-order valence-corrected chi connectivity index (χ4v) is 3.24. The van der Waals surface area contributed by atoms with Gasteiger partial charge in [-0.2, -0.15) is 4.98 Å². The number of benzene rings is 1. The van der Waals surface area contributed by atoms with Gasteiger partial charge in [-0.05, 0) is 18.6 Å². The van der Waals surface area contributed by atoms with Crippen molar-refractivity contribution in [2.75, 3.05) is 6.54 Å². The van der Waals surface area contributed by atoms with Gasteiger partial charge < -0.3 is 14.0 Å². The van der Waals surface area contributed by atoms with Crippen molar-refractivity contribution in [1.82, 2.24) is 15.0 Å². The summed E-state index contributed by atoms with van der Waals surface area (Å²) in [5.41, 5.74) is 0.878. The molecule has 3 heterocycles. The van der Waals surface area contributed by atoms with Gasteiger partial charge in [0.05, 0.1) is 18.7 Å². The number of furan rings is 1. The van der Waals surface area contributed by atoms with Gasteiger partial charge in [0.2, 0.25) is 5.89 Å². The van der Waals surface area contributed by atoms with Crippen LogP contribution in [0, 0.1) is 0 Å². The lowest BCUT2D eigenvalue weighted by Crippen LogP contribution is -2.24. The Morgan fingerprint density at radius 2 is 2.17 bits per heavy atom. The van der Waals surface area contributed by atoms with Crippen LogP contribution in [0.2, 0.25) is 0 Å². The quantitative estimate of drug-likeness (QED) is 0.793. The molecule has 0 saturated carbocycles. The normalized spacial score (nSPS) is 22.0. The van der Waals surface area contributed by atoms with Crippen LogP contribution in [-0.2, 0) is 6.54 Å². The molecule has 6 nitrogen and oxygen atoms in total. The van der Waals surface area contributed by atoms with E-state index in [2.05, 4.69) is 15.0 Å². The zero-order valence-corrected chi connectivity index (χ0v) is 13.8. The number of nitrogens with zero attached hydrogens (tertiary/aromatic N) is 3. The first-order valence-corrected chi connectivity index (χ1v) is 8.33. The molecule has 24 heavy (non-hydrogen) atoms. The second kappa shape index (κ2) is 6.03. The van der Waals surface area contributed by atoms with E-state index in [1.54, 1.807) is 0 Å². The highest BCUT2D eigenvalue weighted by molar-refractivity contribution is 5.77. The molecule has 0 bridgehead atoms. The standard InChI is InChI=1S/C18H21N3O3/c1-11(2)17-19-18(24-20-17)15-8-13(22)9-21(15)10-14-7-12-5-3-4-6-16(12)23-14/h3-7,11,13,15,22H,8-10H2,1-2H3/t13-,15-/m1/s1. The highest BCUT2D eigenvalue weighted by Gasteiger charge is 2.36. The Balaban J connectivity index is 1.57. The largest absolute Gasteiger partial charge is 0.460 e. The van der Waals surface area contributed by atoms with Gasteiger partial charge in [0.25, 0.3) is 0 Å². The minimum Gasteiger partial charge on any atom is -0.460 e. The molecule has 126 valence electrons. The van der Waals surface area contributed by atoms with E-state index in [1.165, 1.54) is 0 Å². The molecule has 1 N–H and O–H groups in total. The second-order valence-corrected chi connectivity index (χ2v) is 6.73. The summed E-state index contributed by atoms with van der Waals surface area (Å²) in [6, 6.07) is 9.92. The monoisotopic (exact) mass is 327 g/mol. The number of aliphatic hydroxyl groups is 1. The molecule has 4 rings (SSSR count). The second-order valence-electron chi connectivity index (χ2n) is 6.73. The van der Waals surface area contributed by atoms with Crippen LogP contribution in [0.25, 0.3) is 11.0 Å². The summed E-state index contributed by atoms with van der Waals surface area (Å²) in [7, 11) is 0. The maximum absolute atomic E-state index is 10.1. The summed E-state index contributed by atoms with van der Waals surface area (Å²) in [5, 5.41) is 15.2. The number of aliphatic hydroxyl groups excluding tert-OH is 1. The maximum atomic E-state index is 10.1. The first kappa shape index (κ1) is 15.4. The molecule has 1 saturated heterocycles. The van der Waals surface area contributed by atoms with E-state index in [1.807, 2.05) is 44.2 Å². The Hall–Kier alpha value is -2.18. The predicted octanol–water partition coefficient (Wildman–Crippen LogP) is 3.25. The molecule has 0 spiro atoms. The Bertz CT molecular complexity index is 806. The molecular formula is C18H21N3O3.